The number of carbonyl (C=O) groups is 3. The van der Waals surface area contributed by atoms with Gasteiger partial charge in [0, 0.05) is 42.9 Å². The lowest BCUT2D eigenvalue weighted by atomic mass is 9.96. The number of halogens is 2. The summed E-state index contributed by atoms with van der Waals surface area (Å²) in [5.41, 5.74) is -0.0898. The lowest BCUT2D eigenvalue weighted by molar-refractivity contribution is -0.122. The molecule has 1 N–H and O–H groups in total. The molecule has 0 saturated carbocycles. The van der Waals surface area contributed by atoms with Gasteiger partial charge in [0.15, 0.2) is 11.6 Å². The number of Topliss-reactive ketones (excluding diaryl/α,β-unsaturated/α-hetero) is 2. The molecule has 0 bridgehead atoms. The molecule has 10 heteroatoms. The van der Waals surface area contributed by atoms with E-state index < -0.39 is 29.2 Å². The minimum Gasteiger partial charge on any atom is -0.495 e. The predicted octanol–water partition coefficient (Wildman–Crippen LogP) is 4.61. The number of hydrogen-bond donors (Lipinski definition) is 1. The van der Waals surface area contributed by atoms with Crippen LogP contribution in [-0.4, -0.2) is 48.0 Å². The van der Waals surface area contributed by atoms with Crippen LogP contribution < -0.4 is 10.3 Å². The van der Waals surface area contributed by atoms with Gasteiger partial charge in [0.05, 0.1) is 29.9 Å². The van der Waals surface area contributed by atoms with Crippen molar-refractivity contribution in [3.05, 3.63) is 86.5 Å². The Kier molecular flexibility index (Phi) is 8.96. The maximum absolute atomic E-state index is 15.1. The van der Waals surface area contributed by atoms with Crippen molar-refractivity contribution in [1.29, 1.82) is 0 Å². The van der Waals surface area contributed by atoms with Crippen LogP contribution in [0.2, 0.25) is 5.02 Å². The van der Waals surface area contributed by atoms with Crippen molar-refractivity contribution in [1.82, 2.24) is 4.57 Å². The second-order valence-corrected chi connectivity index (χ2v) is 8.69. The van der Waals surface area contributed by atoms with Gasteiger partial charge in [0.2, 0.25) is 0 Å². The van der Waals surface area contributed by atoms with E-state index in [0.29, 0.717) is 5.56 Å². The lowest BCUT2D eigenvalue weighted by Gasteiger charge is -2.21. The number of aromatic nitrogens is 1. The zero-order valence-electron chi connectivity index (χ0n) is 20.4. The van der Waals surface area contributed by atoms with Crippen molar-refractivity contribution in [3.8, 4) is 16.9 Å². The summed E-state index contributed by atoms with van der Waals surface area (Å²) in [5, 5.41) is 8.85. The average Bonchev–Trinajstić information content (AvgIpc) is 2.86. The predicted molar refractivity (Wildman–Crippen MR) is 135 cm³/mol. The van der Waals surface area contributed by atoms with E-state index in [0.717, 1.165) is 6.07 Å². The first-order valence-corrected chi connectivity index (χ1v) is 11.6. The lowest BCUT2D eigenvalue weighted by Crippen LogP contribution is -2.31. The number of ether oxygens (including phenoxy) is 2. The van der Waals surface area contributed by atoms with E-state index in [2.05, 4.69) is 0 Å². The number of hydrogen-bond acceptors (Lipinski definition) is 6. The van der Waals surface area contributed by atoms with Gasteiger partial charge in [-0.25, -0.2) is 9.18 Å². The van der Waals surface area contributed by atoms with Crippen molar-refractivity contribution >= 4 is 29.1 Å². The second-order valence-electron chi connectivity index (χ2n) is 8.28. The zero-order chi connectivity index (χ0) is 27.3. The van der Waals surface area contributed by atoms with Crippen LogP contribution in [0.4, 0.5) is 4.39 Å². The first kappa shape index (κ1) is 27.8. The van der Waals surface area contributed by atoms with Crippen molar-refractivity contribution in [2.45, 2.75) is 25.8 Å². The monoisotopic (exact) mass is 529 g/mol. The van der Waals surface area contributed by atoms with Gasteiger partial charge in [-0.3, -0.25) is 14.4 Å². The zero-order valence-corrected chi connectivity index (χ0v) is 21.2. The van der Waals surface area contributed by atoms with Crippen molar-refractivity contribution < 1.29 is 33.4 Å². The van der Waals surface area contributed by atoms with Crippen molar-refractivity contribution in [2.75, 3.05) is 20.8 Å². The molecule has 0 aliphatic heterocycles. The molecule has 1 heterocycles. The van der Waals surface area contributed by atoms with Gasteiger partial charge in [-0.2, -0.15) is 0 Å². The highest BCUT2D eigenvalue weighted by molar-refractivity contribution is 6.31. The van der Waals surface area contributed by atoms with Crippen molar-refractivity contribution in [3.63, 3.8) is 0 Å². The molecule has 0 aliphatic rings. The number of rotatable bonds is 11. The molecule has 194 valence electrons. The average molecular weight is 530 g/mol. The van der Waals surface area contributed by atoms with Crippen LogP contribution in [0, 0.1) is 5.82 Å². The first-order chi connectivity index (χ1) is 17.6. The summed E-state index contributed by atoms with van der Waals surface area (Å²) in [6.07, 6.45) is 1.39. The summed E-state index contributed by atoms with van der Waals surface area (Å²) in [6, 6.07) is 8.64. The first-order valence-electron chi connectivity index (χ1n) is 11.2. The summed E-state index contributed by atoms with van der Waals surface area (Å²) >= 11 is 5.96. The molecule has 0 radical (unpaired) electrons. The highest BCUT2D eigenvalue weighted by atomic mass is 35.5. The molecule has 0 fully saturated rings. The van der Waals surface area contributed by atoms with Crippen LogP contribution in [0.15, 0.2) is 53.5 Å². The van der Waals surface area contributed by atoms with Gasteiger partial charge >= 0.3 is 5.97 Å². The summed E-state index contributed by atoms with van der Waals surface area (Å²) in [7, 11) is 2.78. The number of nitrogens with zero attached hydrogens (tertiary/aromatic N) is 1. The summed E-state index contributed by atoms with van der Waals surface area (Å²) in [5.74, 6) is -2.65. The standard InChI is InChI=1S/C27H25ClFNO7/c1-15(31)18-8-9-20(28)26(29)25(18)19-13-24(33)30(14-23(19)37-3)21(10-11-36-2)22(32)12-16-4-6-17(7-5-16)27(34)35/h4-9,13-14,21H,10-12H2,1-3H3,(H,34,35). The molecule has 1 unspecified atom stereocenters. The third kappa shape index (κ3) is 6.12. The third-order valence-corrected chi connectivity index (χ3v) is 6.18. The van der Waals surface area contributed by atoms with Crippen LogP contribution in [0.25, 0.3) is 11.1 Å². The molecule has 0 aliphatic carbocycles. The smallest absolute Gasteiger partial charge is 0.335 e. The number of carbonyl (C=O) groups excluding carboxylic acids is 2. The van der Waals surface area contributed by atoms with Crippen molar-refractivity contribution in [2.24, 2.45) is 0 Å². The van der Waals surface area contributed by atoms with Crippen LogP contribution >= 0.6 is 11.6 Å². The number of benzene rings is 2. The SMILES string of the molecule is COCCC(C(=O)Cc1ccc(C(=O)O)cc1)n1cc(OC)c(-c2c(C(C)=O)ccc(Cl)c2F)cc1=O. The van der Waals surface area contributed by atoms with Crippen LogP contribution in [0.5, 0.6) is 5.75 Å². The molecule has 0 amide bonds. The molecule has 3 rings (SSSR count). The highest BCUT2D eigenvalue weighted by Crippen LogP contribution is 2.37. The molecule has 2 aromatic carbocycles. The van der Waals surface area contributed by atoms with Gasteiger partial charge in [-0.05, 0) is 43.2 Å². The Morgan fingerprint density at radius 3 is 2.35 bits per heavy atom. The summed E-state index contributed by atoms with van der Waals surface area (Å²) in [4.78, 5) is 49.8. The molecule has 0 saturated heterocycles. The number of ketones is 2. The van der Waals surface area contributed by atoms with Crippen LogP contribution in [0.3, 0.4) is 0 Å². The van der Waals surface area contributed by atoms with E-state index in [1.54, 1.807) is 0 Å². The van der Waals surface area contributed by atoms with E-state index in [4.69, 9.17) is 26.2 Å². The van der Waals surface area contributed by atoms with Gasteiger partial charge in [-0.15, -0.1) is 0 Å². The Bertz CT molecular complexity index is 1400. The van der Waals surface area contributed by atoms with E-state index in [-0.39, 0.29) is 58.3 Å². The Balaban J connectivity index is 2.08. The minimum absolute atomic E-state index is 0.0224. The van der Waals surface area contributed by atoms with E-state index >= 15 is 4.39 Å². The summed E-state index contributed by atoms with van der Waals surface area (Å²) < 4.78 is 26.8. The van der Waals surface area contributed by atoms with Crippen LogP contribution in [-0.2, 0) is 16.0 Å². The minimum atomic E-state index is -1.08. The molecule has 3 aromatic rings. The van der Waals surface area contributed by atoms with E-state index in [1.165, 1.54) is 68.3 Å². The summed E-state index contributed by atoms with van der Waals surface area (Å²) in [6.45, 7) is 1.44. The number of carboxylic acid groups (broad SMARTS) is 1. The second kappa shape index (κ2) is 11.9. The fourth-order valence-electron chi connectivity index (χ4n) is 4.01. The normalized spacial score (nSPS) is 11.7. The third-order valence-electron chi connectivity index (χ3n) is 5.89. The molecular formula is C27H25ClFNO7. The van der Waals surface area contributed by atoms with Crippen LogP contribution in [0.1, 0.15) is 45.7 Å². The van der Waals surface area contributed by atoms with Gasteiger partial charge < -0.3 is 19.1 Å². The Hall–Kier alpha value is -3.82. The van der Waals surface area contributed by atoms with E-state index in [9.17, 15) is 19.2 Å². The highest BCUT2D eigenvalue weighted by Gasteiger charge is 2.26. The molecule has 8 nitrogen and oxygen atoms in total. The fraction of sp³-hybridized carbons (Fsp3) is 0.259. The van der Waals surface area contributed by atoms with Gasteiger partial charge in [0.25, 0.3) is 5.56 Å². The maximum Gasteiger partial charge on any atom is 0.335 e. The molecule has 1 atom stereocenters. The maximum atomic E-state index is 15.1. The van der Waals surface area contributed by atoms with Gasteiger partial charge in [-0.1, -0.05) is 23.7 Å². The molecular weight excluding hydrogens is 505 g/mol. The Morgan fingerprint density at radius 2 is 1.78 bits per heavy atom. The van der Waals surface area contributed by atoms with Gasteiger partial charge in [0.1, 0.15) is 11.6 Å². The number of methoxy groups -OCH3 is 2. The fourth-order valence-corrected chi connectivity index (χ4v) is 4.16. The topological polar surface area (TPSA) is 112 Å². The number of aromatic carboxylic acids is 1. The Morgan fingerprint density at radius 1 is 1.11 bits per heavy atom. The number of pyridine rings is 1. The molecule has 37 heavy (non-hydrogen) atoms. The Labute approximate surface area is 217 Å². The number of carboxylic acids is 1. The largest absolute Gasteiger partial charge is 0.495 e. The molecule has 0 spiro atoms. The van der Waals surface area contributed by atoms with E-state index in [1.807, 2.05) is 0 Å². The molecule has 1 aromatic heterocycles. The quantitative estimate of drug-likeness (QED) is 0.361.